The van der Waals surface area contributed by atoms with Gasteiger partial charge < -0.3 is 5.73 Å². The van der Waals surface area contributed by atoms with Crippen molar-refractivity contribution in [1.29, 1.82) is 5.41 Å². The molecule has 2 amide bonds. The number of hydrogen-bond donors (Lipinski definition) is 2. The summed E-state index contributed by atoms with van der Waals surface area (Å²) >= 11 is 6.26. The van der Waals surface area contributed by atoms with Crippen LogP contribution in [0.4, 0.5) is 10.5 Å². The summed E-state index contributed by atoms with van der Waals surface area (Å²) in [4.78, 5) is 15.4. The molecule has 22 heavy (non-hydrogen) atoms. The maximum atomic E-state index is 12.7. The summed E-state index contributed by atoms with van der Waals surface area (Å²) in [5, 5.41) is 8.17. The molecule has 3 N–H and O–H groups in total. The highest BCUT2D eigenvalue weighted by atomic mass is 35.5. The summed E-state index contributed by atoms with van der Waals surface area (Å²) in [6.07, 6.45) is 3.62. The van der Waals surface area contributed by atoms with Crippen LogP contribution in [0.2, 0.25) is 5.02 Å². The zero-order chi connectivity index (χ0) is 16.7. The minimum atomic E-state index is -0.327. The third kappa shape index (κ3) is 4.37. The molecule has 122 valence electrons. The van der Waals surface area contributed by atoms with E-state index in [-0.39, 0.29) is 12.0 Å². The summed E-state index contributed by atoms with van der Waals surface area (Å²) < 4.78 is 0. The van der Waals surface area contributed by atoms with Crippen LogP contribution in [-0.2, 0) is 6.42 Å². The van der Waals surface area contributed by atoms with Crippen molar-refractivity contribution in [2.45, 2.75) is 39.5 Å². The molecule has 0 fully saturated rings. The Morgan fingerprint density at radius 1 is 1.32 bits per heavy atom. The van der Waals surface area contributed by atoms with Gasteiger partial charge in [0.05, 0.1) is 10.7 Å². The van der Waals surface area contributed by atoms with Crippen molar-refractivity contribution in [2.24, 2.45) is 5.73 Å². The number of urea groups is 1. The van der Waals surface area contributed by atoms with Crippen LogP contribution in [0.5, 0.6) is 0 Å². The summed E-state index contributed by atoms with van der Waals surface area (Å²) in [7, 11) is 1.67. The molecule has 0 atom stereocenters. The van der Waals surface area contributed by atoms with Gasteiger partial charge in [-0.2, -0.15) is 0 Å². The number of guanidine groups is 1. The van der Waals surface area contributed by atoms with Crippen LogP contribution in [-0.4, -0.2) is 30.5 Å². The molecular formula is C16H25ClN4O. The number of nitrogens with one attached hydrogen (secondary N) is 1. The maximum Gasteiger partial charge on any atom is 0.331 e. The van der Waals surface area contributed by atoms with Gasteiger partial charge in [0.1, 0.15) is 0 Å². The van der Waals surface area contributed by atoms with Crippen molar-refractivity contribution in [2.75, 3.05) is 18.5 Å². The molecule has 0 aliphatic rings. The second-order valence-corrected chi connectivity index (χ2v) is 5.59. The summed E-state index contributed by atoms with van der Waals surface area (Å²) in [6.45, 7) is 4.54. The number of nitrogens with zero attached hydrogens (tertiary/aromatic N) is 2. The quantitative estimate of drug-likeness (QED) is 0.474. The van der Waals surface area contributed by atoms with E-state index < -0.39 is 0 Å². The first-order valence-corrected chi connectivity index (χ1v) is 7.98. The molecule has 0 aliphatic carbocycles. The summed E-state index contributed by atoms with van der Waals surface area (Å²) in [6, 6.07) is 5.24. The summed E-state index contributed by atoms with van der Waals surface area (Å²) in [5.74, 6) is -0.238. The van der Waals surface area contributed by atoms with E-state index in [9.17, 15) is 4.79 Å². The average molecular weight is 325 g/mol. The van der Waals surface area contributed by atoms with Crippen LogP contribution >= 0.6 is 11.6 Å². The molecule has 0 saturated heterocycles. The molecule has 0 saturated carbocycles. The van der Waals surface area contributed by atoms with Gasteiger partial charge in [0.25, 0.3) is 0 Å². The van der Waals surface area contributed by atoms with Gasteiger partial charge in [-0.15, -0.1) is 0 Å². The molecule has 1 aromatic carbocycles. The van der Waals surface area contributed by atoms with Gasteiger partial charge in [0.15, 0.2) is 5.96 Å². The van der Waals surface area contributed by atoms with Gasteiger partial charge in [0, 0.05) is 13.6 Å². The Labute approximate surface area is 137 Å². The first kappa shape index (κ1) is 18.3. The van der Waals surface area contributed by atoms with Crippen molar-refractivity contribution in [3.05, 3.63) is 28.8 Å². The fourth-order valence-electron chi connectivity index (χ4n) is 2.34. The van der Waals surface area contributed by atoms with Crippen molar-refractivity contribution in [1.82, 2.24) is 4.90 Å². The minimum Gasteiger partial charge on any atom is -0.370 e. The predicted molar refractivity (Wildman–Crippen MR) is 92.8 cm³/mol. The topological polar surface area (TPSA) is 73.4 Å². The van der Waals surface area contributed by atoms with E-state index in [1.54, 1.807) is 13.1 Å². The molecule has 0 heterocycles. The van der Waals surface area contributed by atoms with E-state index in [1.807, 2.05) is 19.1 Å². The fourth-order valence-corrected chi connectivity index (χ4v) is 2.66. The molecule has 0 aromatic heterocycles. The van der Waals surface area contributed by atoms with Gasteiger partial charge in [0.2, 0.25) is 0 Å². The number of nitrogens with two attached hydrogens (primary N) is 1. The lowest BCUT2D eigenvalue weighted by Gasteiger charge is -2.28. The second-order valence-electron chi connectivity index (χ2n) is 5.19. The average Bonchev–Trinajstić information content (AvgIpc) is 2.49. The smallest absolute Gasteiger partial charge is 0.331 e. The Morgan fingerprint density at radius 3 is 2.55 bits per heavy atom. The monoisotopic (exact) mass is 324 g/mol. The van der Waals surface area contributed by atoms with Crippen molar-refractivity contribution < 1.29 is 4.79 Å². The normalized spacial score (nSPS) is 10.4. The molecule has 0 spiro atoms. The zero-order valence-electron chi connectivity index (χ0n) is 13.5. The number of para-hydroxylation sites is 1. The molecule has 6 heteroatoms. The van der Waals surface area contributed by atoms with E-state index in [0.717, 1.165) is 31.2 Å². The number of hydrogen-bond acceptors (Lipinski definition) is 2. The number of carbonyl (C=O) groups excluding carboxylic acids is 1. The van der Waals surface area contributed by atoms with Gasteiger partial charge in [-0.05, 0) is 24.5 Å². The lowest BCUT2D eigenvalue weighted by Crippen LogP contribution is -2.48. The number of rotatable bonds is 6. The number of benzene rings is 1. The maximum absolute atomic E-state index is 12.7. The predicted octanol–water partition coefficient (Wildman–Crippen LogP) is 3.84. The standard InChI is InChI=1S/C16H25ClN4O/c1-4-6-7-11-21(15(18)19)16(22)20(3)14-12(5-2)9-8-10-13(14)17/h8-10H,4-7,11H2,1-3H3,(H3,18,19). The van der Waals surface area contributed by atoms with E-state index >= 15 is 0 Å². The highest BCUT2D eigenvalue weighted by Gasteiger charge is 2.24. The van der Waals surface area contributed by atoms with Crippen LogP contribution in [0.15, 0.2) is 18.2 Å². The molecular weight excluding hydrogens is 300 g/mol. The first-order chi connectivity index (χ1) is 10.4. The molecule has 1 aromatic rings. The third-order valence-corrected chi connectivity index (χ3v) is 3.89. The van der Waals surface area contributed by atoms with Crippen molar-refractivity contribution >= 4 is 29.3 Å². The number of carbonyl (C=O) groups is 1. The van der Waals surface area contributed by atoms with Crippen LogP contribution < -0.4 is 10.6 Å². The van der Waals surface area contributed by atoms with E-state index in [2.05, 4.69) is 6.92 Å². The Bertz CT molecular complexity index is 533. The van der Waals surface area contributed by atoms with Crippen molar-refractivity contribution in [3.8, 4) is 0 Å². The number of aryl methyl sites for hydroxylation is 1. The minimum absolute atomic E-state index is 0.238. The molecule has 5 nitrogen and oxygen atoms in total. The highest BCUT2D eigenvalue weighted by molar-refractivity contribution is 6.34. The fraction of sp³-hybridized carbons (Fsp3) is 0.500. The number of halogens is 1. The van der Waals surface area contributed by atoms with Gasteiger partial charge in [-0.25, -0.2) is 4.79 Å². The number of unbranched alkanes of at least 4 members (excludes halogenated alkanes) is 2. The van der Waals surface area contributed by atoms with E-state index in [4.69, 9.17) is 22.7 Å². The van der Waals surface area contributed by atoms with Gasteiger partial charge in [-0.3, -0.25) is 15.2 Å². The van der Waals surface area contributed by atoms with Crippen LogP contribution in [0.1, 0.15) is 38.7 Å². The Kier molecular flexibility index (Phi) is 7.18. The van der Waals surface area contributed by atoms with Crippen LogP contribution in [0, 0.1) is 5.41 Å². The van der Waals surface area contributed by atoms with E-state index in [0.29, 0.717) is 17.3 Å². The Hall–Kier alpha value is -1.75. The third-order valence-electron chi connectivity index (χ3n) is 3.58. The SMILES string of the molecule is CCCCCN(C(=N)N)C(=O)N(C)c1c(Cl)cccc1CC. The zero-order valence-corrected chi connectivity index (χ0v) is 14.3. The first-order valence-electron chi connectivity index (χ1n) is 7.60. The van der Waals surface area contributed by atoms with E-state index in [1.165, 1.54) is 9.80 Å². The second kappa shape index (κ2) is 8.63. The molecule has 0 unspecified atom stereocenters. The Balaban J connectivity index is 3.01. The lowest BCUT2D eigenvalue weighted by molar-refractivity contribution is 0.227. The molecule has 0 radical (unpaired) electrons. The highest BCUT2D eigenvalue weighted by Crippen LogP contribution is 2.30. The molecule has 1 rings (SSSR count). The molecule has 0 bridgehead atoms. The Morgan fingerprint density at radius 2 is 2.00 bits per heavy atom. The summed E-state index contributed by atoms with van der Waals surface area (Å²) in [5.41, 5.74) is 7.24. The van der Waals surface area contributed by atoms with Crippen molar-refractivity contribution in [3.63, 3.8) is 0 Å². The number of amides is 2. The van der Waals surface area contributed by atoms with Crippen LogP contribution in [0.3, 0.4) is 0 Å². The largest absolute Gasteiger partial charge is 0.370 e. The van der Waals surface area contributed by atoms with Crippen LogP contribution in [0.25, 0.3) is 0 Å². The molecule has 0 aliphatic heterocycles. The number of anilines is 1. The lowest BCUT2D eigenvalue weighted by atomic mass is 10.1. The van der Waals surface area contributed by atoms with Gasteiger partial charge in [-0.1, -0.05) is 50.4 Å². The van der Waals surface area contributed by atoms with Gasteiger partial charge >= 0.3 is 6.03 Å².